The second-order valence-corrected chi connectivity index (χ2v) is 3.29. The predicted octanol–water partition coefficient (Wildman–Crippen LogP) is 1.91. The lowest BCUT2D eigenvalue weighted by molar-refractivity contribution is -0.138. The number of amides is 1. The van der Waals surface area contributed by atoms with Crippen LogP contribution in [-0.4, -0.2) is 31.1 Å². The normalized spacial score (nSPS) is 7.71. The van der Waals surface area contributed by atoms with Crippen LogP contribution in [0.25, 0.3) is 0 Å². The van der Waals surface area contributed by atoms with Gasteiger partial charge in [0, 0.05) is 12.2 Å². The minimum Gasteiger partial charge on any atom is -0.463 e. The third-order valence-electron chi connectivity index (χ3n) is 1.56. The molecule has 0 aromatic carbocycles. The minimum absolute atomic E-state index is 0.330. The molecule has 0 aliphatic heterocycles. The molecule has 0 heterocycles. The van der Waals surface area contributed by atoms with Gasteiger partial charge in [0.1, 0.15) is 0 Å². The first-order valence-electron chi connectivity index (χ1n) is 6.39. The SMILES string of the molecule is C=CC(=O)OCC.C=CC(=O)OCCCC.C=CC(N)=O. The highest BCUT2D eigenvalue weighted by atomic mass is 16.5. The van der Waals surface area contributed by atoms with Crippen LogP contribution in [0.5, 0.6) is 0 Å². The Hall–Kier alpha value is -2.37. The number of rotatable bonds is 7. The van der Waals surface area contributed by atoms with Gasteiger partial charge in [-0.05, 0) is 19.4 Å². The van der Waals surface area contributed by atoms with E-state index in [-0.39, 0.29) is 11.9 Å². The maximum Gasteiger partial charge on any atom is 0.330 e. The summed E-state index contributed by atoms with van der Waals surface area (Å²) in [5.74, 6) is -1.17. The Morgan fingerprint density at radius 1 is 0.952 bits per heavy atom. The first-order valence-corrected chi connectivity index (χ1v) is 6.39. The summed E-state index contributed by atoms with van der Waals surface area (Å²) in [6, 6.07) is 0. The van der Waals surface area contributed by atoms with Crippen molar-refractivity contribution in [2.45, 2.75) is 26.7 Å². The fourth-order valence-corrected chi connectivity index (χ4v) is 0.577. The molecule has 0 unspecified atom stereocenters. The van der Waals surface area contributed by atoms with Crippen LogP contribution in [0, 0.1) is 0 Å². The quantitative estimate of drug-likeness (QED) is 0.440. The molecule has 0 aromatic heterocycles. The van der Waals surface area contributed by atoms with Gasteiger partial charge >= 0.3 is 11.9 Å². The van der Waals surface area contributed by atoms with Crippen LogP contribution >= 0.6 is 0 Å². The van der Waals surface area contributed by atoms with E-state index in [2.05, 4.69) is 34.9 Å². The third-order valence-corrected chi connectivity index (χ3v) is 1.56. The van der Waals surface area contributed by atoms with Gasteiger partial charge in [-0.2, -0.15) is 0 Å². The van der Waals surface area contributed by atoms with Crippen LogP contribution in [0.1, 0.15) is 26.7 Å². The molecule has 0 aliphatic carbocycles. The average Bonchev–Trinajstić information content (AvgIpc) is 2.48. The number of primary amides is 1. The molecule has 0 bridgehead atoms. The Morgan fingerprint density at radius 3 is 1.62 bits per heavy atom. The maximum atomic E-state index is 10.3. The Labute approximate surface area is 126 Å². The van der Waals surface area contributed by atoms with Crippen molar-refractivity contribution < 1.29 is 23.9 Å². The smallest absolute Gasteiger partial charge is 0.330 e. The van der Waals surface area contributed by atoms with E-state index in [4.69, 9.17) is 0 Å². The highest BCUT2D eigenvalue weighted by molar-refractivity contribution is 5.85. The van der Waals surface area contributed by atoms with Crippen LogP contribution < -0.4 is 5.73 Å². The lowest BCUT2D eigenvalue weighted by Gasteiger charge is -1.97. The Bertz CT molecular complexity index is 337. The lowest BCUT2D eigenvalue weighted by atomic mass is 10.4. The van der Waals surface area contributed by atoms with Gasteiger partial charge in [-0.15, -0.1) is 0 Å². The van der Waals surface area contributed by atoms with Crippen molar-refractivity contribution in [2.24, 2.45) is 5.73 Å². The summed E-state index contributed by atoms with van der Waals surface area (Å²) in [6.45, 7) is 14.3. The van der Waals surface area contributed by atoms with Crippen LogP contribution in [-0.2, 0) is 23.9 Å². The molecule has 0 atom stereocenters. The predicted molar refractivity (Wildman–Crippen MR) is 82.3 cm³/mol. The van der Waals surface area contributed by atoms with Crippen LogP contribution in [0.2, 0.25) is 0 Å². The summed E-state index contributed by atoms with van der Waals surface area (Å²) < 4.78 is 9.11. The molecule has 0 aliphatic rings. The number of ether oxygens (including phenoxy) is 2. The largest absolute Gasteiger partial charge is 0.463 e. The van der Waals surface area contributed by atoms with Crippen LogP contribution in [0.3, 0.4) is 0 Å². The van der Waals surface area contributed by atoms with Gasteiger partial charge in [0.05, 0.1) is 13.2 Å². The molecule has 6 heteroatoms. The summed E-state index contributed by atoms with van der Waals surface area (Å²) in [4.78, 5) is 29.9. The monoisotopic (exact) mass is 299 g/mol. The van der Waals surface area contributed by atoms with Crippen LogP contribution in [0.15, 0.2) is 38.0 Å². The molecule has 0 radical (unpaired) electrons. The molecule has 0 fully saturated rings. The zero-order valence-corrected chi connectivity index (χ0v) is 12.8. The zero-order valence-electron chi connectivity index (χ0n) is 12.8. The lowest BCUT2D eigenvalue weighted by Crippen LogP contribution is -2.04. The molecule has 120 valence electrons. The fourth-order valence-electron chi connectivity index (χ4n) is 0.577. The highest BCUT2D eigenvalue weighted by Gasteiger charge is 1.91. The van der Waals surface area contributed by atoms with E-state index in [0.717, 1.165) is 25.0 Å². The molecule has 0 aromatic rings. The topological polar surface area (TPSA) is 95.7 Å². The van der Waals surface area contributed by atoms with Gasteiger partial charge in [0.2, 0.25) is 5.91 Å². The van der Waals surface area contributed by atoms with Crippen molar-refractivity contribution >= 4 is 17.8 Å². The van der Waals surface area contributed by atoms with E-state index in [1.165, 1.54) is 6.08 Å². The molecule has 2 N–H and O–H groups in total. The molecule has 0 spiro atoms. The second kappa shape index (κ2) is 20.0. The molecule has 21 heavy (non-hydrogen) atoms. The van der Waals surface area contributed by atoms with Gasteiger partial charge < -0.3 is 15.2 Å². The number of hydrogen-bond acceptors (Lipinski definition) is 5. The number of esters is 2. The molecule has 0 saturated heterocycles. The number of hydrogen-bond donors (Lipinski definition) is 1. The van der Waals surface area contributed by atoms with Crippen molar-refractivity contribution in [3.05, 3.63) is 38.0 Å². The maximum absolute atomic E-state index is 10.3. The molecular formula is C15H25NO5. The van der Waals surface area contributed by atoms with Crippen molar-refractivity contribution in [3.8, 4) is 0 Å². The first-order chi connectivity index (χ1) is 9.89. The van der Waals surface area contributed by atoms with E-state index >= 15 is 0 Å². The van der Waals surface area contributed by atoms with E-state index in [1.807, 2.05) is 6.92 Å². The van der Waals surface area contributed by atoms with Crippen molar-refractivity contribution in [2.75, 3.05) is 13.2 Å². The zero-order chi connectivity index (χ0) is 17.1. The number of unbranched alkanes of at least 4 members (excludes halogenated alkanes) is 1. The molecule has 6 nitrogen and oxygen atoms in total. The van der Waals surface area contributed by atoms with Gasteiger partial charge in [0.15, 0.2) is 0 Å². The average molecular weight is 299 g/mol. The molecular weight excluding hydrogens is 274 g/mol. The molecule has 0 rings (SSSR count). The summed E-state index contributed by atoms with van der Waals surface area (Å²) >= 11 is 0. The molecule has 0 saturated carbocycles. The Balaban J connectivity index is -0.000000242. The Morgan fingerprint density at radius 2 is 1.38 bits per heavy atom. The summed E-state index contributed by atoms with van der Waals surface area (Å²) in [6.07, 6.45) is 5.35. The van der Waals surface area contributed by atoms with Crippen molar-refractivity contribution in [3.63, 3.8) is 0 Å². The highest BCUT2D eigenvalue weighted by Crippen LogP contribution is 1.88. The minimum atomic E-state index is -0.481. The number of carbonyl (C=O) groups is 3. The summed E-state index contributed by atoms with van der Waals surface area (Å²) in [7, 11) is 0. The standard InChI is InChI=1S/C7H12O2.C5H8O2.C3H5NO/c1-3-5-6-9-7(8)4-2;1-3-5(6)7-4-2;1-2-3(4)5/h4H,2-3,5-6H2,1H3;3H,1,4H2,2H3;2H,1H2,(H2,4,5). The van der Waals surface area contributed by atoms with Crippen molar-refractivity contribution in [1.29, 1.82) is 0 Å². The first kappa shape index (κ1) is 23.7. The van der Waals surface area contributed by atoms with Crippen molar-refractivity contribution in [1.82, 2.24) is 0 Å². The van der Waals surface area contributed by atoms with E-state index in [1.54, 1.807) is 6.92 Å². The van der Waals surface area contributed by atoms with Gasteiger partial charge in [-0.25, -0.2) is 9.59 Å². The summed E-state index contributed by atoms with van der Waals surface area (Å²) in [5.41, 5.74) is 4.53. The summed E-state index contributed by atoms with van der Waals surface area (Å²) in [5, 5.41) is 0. The van der Waals surface area contributed by atoms with E-state index < -0.39 is 5.91 Å². The van der Waals surface area contributed by atoms with Gasteiger partial charge in [-0.1, -0.05) is 33.1 Å². The molecule has 1 amide bonds. The number of carbonyl (C=O) groups excluding carboxylic acids is 3. The van der Waals surface area contributed by atoms with Gasteiger partial charge in [-0.3, -0.25) is 4.79 Å². The van der Waals surface area contributed by atoms with E-state index in [0.29, 0.717) is 13.2 Å². The number of nitrogens with two attached hydrogens (primary N) is 1. The van der Waals surface area contributed by atoms with Crippen LogP contribution in [0.4, 0.5) is 0 Å². The van der Waals surface area contributed by atoms with E-state index in [9.17, 15) is 14.4 Å². The Kier molecular flexibility index (Phi) is 22.5. The fraction of sp³-hybridized carbons (Fsp3) is 0.400. The second-order valence-electron chi connectivity index (χ2n) is 3.29. The third kappa shape index (κ3) is 31.8. The van der Waals surface area contributed by atoms with Gasteiger partial charge in [0.25, 0.3) is 0 Å².